The zero-order valence-electron chi connectivity index (χ0n) is 9.45. The van der Waals surface area contributed by atoms with Crippen LogP contribution in [-0.4, -0.2) is 36.1 Å². The molecule has 0 aromatic heterocycles. The molecule has 0 spiro atoms. The maximum Gasteiger partial charge on any atom is 0.253 e. The van der Waals surface area contributed by atoms with Crippen molar-refractivity contribution in [2.24, 2.45) is 0 Å². The normalized spacial score (nSPS) is 10.1. The van der Waals surface area contributed by atoms with Crippen LogP contribution in [0.2, 0.25) is 0 Å². The molecular formula is C12H17NO2. The van der Waals surface area contributed by atoms with E-state index in [4.69, 9.17) is 5.11 Å². The first kappa shape index (κ1) is 11.7. The Balaban J connectivity index is 2.91. The molecule has 0 aliphatic heterocycles. The van der Waals surface area contributed by atoms with Crippen LogP contribution in [0.3, 0.4) is 0 Å². The fourth-order valence-electron chi connectivity index (χ4n) is 1.51. The maximum absolute atomic E-state index is 11.9. The van der Waals surface area contributed by atoms with E-state index < -0.39 is 0 Å². The number of aliphatic hydroxyl groups excluding tert-OH is 1. The lowest BCUT2D eigenvalue weighted by atomic mass is 10.0. The monoisotopic (exact) mass is 207 g/mol. The minimum absolute atomic E-state index is 0.00680. The lowest BCUT2D eigenvalue weighted by Gasteiger charge is -2.17. The summed E-state index contributed by atoms with van der Waals surface area (Å²) in [4.78, 5) is 13.4. The second kappa shape index (κ2) is 4.94. The number of hydrogen-bond donors (Lipinski definition) is 1. The molecule has 0 atom stereocenters. The van der Waals surface area contributed by atoms with Crippen molar-refractivity contribution in [2.75, 3.05) is 20.2 Å². The molecule has 0 heterocycles. The molecule has 82 valence electrons. The van der Waals surface area contributed by atoms with Gasteiger partial charge in [0.15, 0.2) is 0 Å². The van der Waals surface area contributed by atoms with Crippen LogP contribution in [0.5, 0.6) is 0 Å². The van der Waals surface area contributed by atoms with Crippen LogP contribution < -0.4 is 0 Å². The van der Waals surface area contributed by atoms with Gasteiger partial charge in [0.05, 0.1) is 6.61 Å². The van der Waals surface area contributed by atoms with Crippen molar-refractivity contribution in [3.05, 3.63) is 34.9 Å². The Labute approximate surface area is 90.3 Å². The molecule has 3 nitrogen and oxygen atoms in total. The predicted molar refractivity (Wildman–Crippen MR) is 60.0 cm³/mol. The number of carbonyl (C=O) groups excluding carboxylic acids is 1. The molecule has 0 unspecified atom stereocenters. The lowest BCUT2D eigenvalue weighted by Crippen LogP contribution is -2.29. The molecule has 0 saturated carbocycles. The number of aryl methyl sites for hydroxylation is 2. The van der Waals surface area contributed by atoms with E-state index in [9.17, 15) is 4.79 Å². The number of nitrogens with zero attached hydrogens (tertiary/aromatic N) is 1. The molecule has 3 heteroatoms. The number of amides is 1. The third kappa shape index (κ3) is 2.80. The van der Waals surface area contributed by atoms with Crippen LogP contribution in [0.25, 0.3) is 0 Å². The Morgan fingerprint density at radius 3 is 2.60 bits per heavy atom. The zero-order valence-corrected chi connectivity index (χ0v) is 9.45. The van der Waals surface area contributed by atoms with E-state index in [-0.39, 0.29) is 12.5 Å². The molecule has 0 fully saturated rings. The number of hydrogen-bond acceptors (Lipinski definition) is 2. The second-order valence-electron chi connectivity index (χ2n) is 3.77. The van der Waals surface area contributed by atoms with E-state index in [2.05, 4.69) is 0 Å². The quantitative estimate of drug-likeness (QED) is 0.813. The summed E-state index contributed by atoms with van der Waals surface area (Å²) in [5, 5.41) is 8.75. The van der Waals surface area contributed by atoms with Gasteiger partial charge >= 0.3 is 0 Å². The Hall–Kier alpha value is -1.35. The van der Waals surface area contributed by atoms with Crippen molar-refractivity contribution in [3.8, 4) is 0 Å². The summed E-state index contributed by atoms with van der Waals surface area (Å²) >= 11 is 0. The van der Waals surface area contributed by atoms with Gasteiger partial charge in [0, 0.05) is 19.2 Å². The molecule has 0 aliphatic rings. The molecular weight excluding hydrogens is 190 g/mol. The number of aliphatic hydroxyl groups is 1. The van der Waals surface area contributed by atoms with Gasteiger partial charge < -0.3 is 10.0 Å². The summed E-state index contributed by atoms with van der Waals surface area (Å²) < 4.78 is 0. The lowest BCUT2D eigenvalue weighted by molar-refractivity contribution is 0.0766. The smallest absolute Gasteiger partial charge is 0.253 e. The highest BCUT2D eigenvalue weighted by molar-refractivity contribution is 5.95. The molecule has 15 heavy (non-hydrogen) atoms. The Kier molecular flexibility index (Phi) is 3.86. The average Bonchev–Trinajstić information content (AvgIpc) is 2.17. The highest BCUT2D eigenvalue weighted by Gasteiger charge is 2.12. The van der Waals surface area contributed by atoms with Gasteiger partial charge in [-0.05, 0) is 25.5 Å². The van der Waals surface area contributed by atoms with Gasteiger partial charge in [0.2, 0.25) is 0 Å². The van der Waals surface area contributed by atoms with E-state index in [0.717, 1.165) is 11.1 Å². The molecule has 1 aromatic rings. The van der Waals surface area contributed by atoms with Gasteiger partial charge in [0.25, 0.3) is 5.91 Å². The number of rotatable bonds is 3. The molecule has 0 aliphatic carbocycles. The first-order valence-corrected chi connectivity index (χ1v) is 5.00. The summed E-state index contributed by atoms with van der Waals surface area (Å²) in [7, 11) is 1.69. The Morgan fingerprint density at radius 2 is 2.07 bits per heavy atom. The Morgan fingerprint density at radius 1 is 1.40 bits per heavy atom. The van der Waals surface area contributed by atoms with E-state index in [1.165, 1.54) is 4.90 Å². The van der Waals surface area contributed by atoms with Crippen molar-refractivity contribution in [1.82, 2.24) is 4.90 Å². The maximum atomic E-state index is 11.9. The summed E-state index contributed by atoms with van der Waals surface area (Å²) in [5.41, 5.74) is 2.83. The van der Waals surface area contributed by atoms with Gasteiger partial charge in [0.1, 0.15) is 0 Å². The van der Waals surface area contributed by atoms with Gasteiger partial charge in [-0.15, -0.1) is 0 Å². The summed E-state index contributed by atoms with van der Waals surface area (Å²) in [6.45, 7) is 4.28. The standard InChI is InChI=1S/C12H17NO2/c1-9-4-5-11(10(2)8-9)12(15)13(3)6-7-14/h4-5,8,14H,6-7H2,1-3H3. The second-order valence-corrected chi connectivity index (χ2v) is 3.77. The van der Waals surface area contributed by atoms with Crippen LogP contribution in [0.15, 0.2) is 18.2 Å². The molecule has 1 amide bonds. The first-order valence-electron chi connectivity index (χ1n) is 5.00. The number of benzene rings is 1. The first-order chi connectivity index (χ1) is 7.06. The van der Waals surface area contributed by atoms with Gasteiger partial charge in [-0.3, -0.25) is 4.79 Å². The molecule has 0 bridgehead atoms. The highest BCUT2D eigenvalue weighted by Crippen LogP contribution is 2.12. The fourth-order valence-corrected chi connectivity index (χ4v) is 1.51. The predicted octanol–water partition coefficient (Wildman–Crippen LogP) is 1.37. The van der Waals surface area contributed by atoms with Gasteiger partial charge in [-0.25, -0.2) is 0 Å². The number of carbonyl (C=O) groups is 1. The van der Waals surface area contributed by atoms with E-state index in [0.29, 0.717) is 12.1 Å². The van der Waals surface area contributed by atoms with Crippen LogP contribution in [0.1, 0.15) is 21.5 Å². The van der Waals surface area contributed by atoms with Crippen molar-refractivity contribution < 1.29 is 9.90 Å². The summed E-state index contributed by atoms with van der Waals surface area (Å²) in [6, 6.07) is 5.74. The molecule has 1 rings (SSSR count). The fraction of sp³-hybridized carbons (Fsp3) is 0.417. The van der Waals surface area contributed by atoms with E-state index in [1.54, 1.807) is 7.05 Å². The largest absolute Gasteiger partial charge is 0.395 e. The Bertz CT molecular complexity index is 361. The van der Waals surface area contributed by atoms with E-state index >= 15 is 0 Å². The van der Waals surface area contributed by atoms with Crippen LogP contribution in [0.4, 0.5) is 0 Å². The highest BCUT2D eigenvalue weighted by atomic mass is 16.3. The summed E-state index contributed by atoms with van der Waals surface area (Å²) in [6.07, 6.45) is 0. The van der Waals surface area contributed by atoms with Crippen LogP contribution in [-0.2, 0) is 0 Å². The van der Waals surface area contributed by atoms with Gasteiger partial charge in [-0.1, -0.05) is 17.7 Å². The third-order valence-corrected chi connectivity index (χ3v) is 2.39. The van der Waals surface area contributed by atoms with Crippen molar-refractivity contribution >= 4 is 5.91 Å². The average molecular weight is 207 g/mol. The molecule has 0 saturated heterocycles. The minimum atomic E-state index is -0.0402. The molecule has 1 N–H and O–H groups in total. The molecule has 0 radical (unpaired) electrons. The third-order valence-electron chi connectivity index (χ3n) is 2.39. The van der Waals surface area contributed by atoms with Crippen molar-refractivity contribution in [3.63, 3.8) is 0 Å². The van der Waals surface area contributed by atoms with Crippen molar-refractivity contribution in [1.29, 1.82) is 0 Å². The number of likely N-dealkylation sites (N-methyl/N-ethyl adjacent to an activating group) is 1. The van der Waals surface area contributed by atoms with Crippen LogP contribution >= 0.6 is 0 Å². The molecule has 1 aromatic carbocycles. The topological polar surface area (TPSA) is 40.5 Å². The van der Waals surface area contributed by atoms with Crippen molar-refractivity contribution in [2.45, 2.75) is 13.8 Å². The van der Waals surface area contributed by atoms with E-state index in [1.807, 2.05) is 32.0 Å². The SMILES string of the molecule is Cc1ccc(C(=O)N(C)CCO)c(C)c1. The van der Waals surface area contributed by atoms with Crippen LogP contribution in [0, 0.1) is 13.8 Å². The zero-order chi connectivity index (χ0) is 11.4. The minimum Gasteiger partial charge on any atom is -0.395 e. The van der Waals surface area contributed by atoms with Gasteiger partial charge in [-0.2, -0.15) is 0 Å². The summed E-state index contributed by atoms with van der Waals surface area (Å²) in [5.74, 6) is -0.0402.